The highest BCUT2D eigenvalue weighted by Gasteiger charge is 2.17. The van der Waals surface area contributed by atoms with Gasteiger partial charge >= 0.3 is 5.97 Å². The summed E-state index contributed by atoms with van der Waals surface area (Å²) >= 11 is 3.43. The van der Waals surface area contributed by atoms with Gasteiger partial charge in [-0.25, -0.2) is 4.79 Å². The normalized spacial score (nSPS) is 11.1. The average Bonchev–Trinajstić information content (AvgIpc) is 3.44. The Morgan fingerprint density at radius 1 is 0.966 bits per heavy atom. The molecule has 4 rings (SSSR count). The van der Waals surface area contributed by atoms with Crippen LogP contribution in [0.2, 0.25) is 0 Å². The number of aliphatic hydroxyl groups is 1. The number of aryl methyl sites for hydroxylation is 4. The molecule has 4 aromatic heterocycles. The number of hydrogen-bond donors (Lipinski definition) is 1. The van der Waals surface area contributed by atoms with Crippen molar-refractivity contribution in [3.8, 4) is 0 Å². The Morgan fingerprint density at radius 3 is 2.03 bits per heavy atom. The van der Waals surface area contributed by atoms with E-state index in [0.717, 1.165) is 29.0 Å². The molecular formula is C22H28N2O3S2. The molecule has 5 nitrogen and oxygen atoms in total. The lowest BCUT2D eigenvalue weighted by Gasteiger charge is -2.05. The molecule has 0 aliphatic heterocycles. The number of fused-ring (bicyclic) bond motifs is 2. The molecule has 4 aromatic rings. The molecule has 0 fully saturated rings. The average molecular weight is 433 g/mol. The first-order valence-corrected chi connectivity index (χ1v) is 11.6. The number of esters is 1. The second-order valence-electron chi connectivity index (χ2n) is 6.81. The van der Waals surface area contributed by atoms with Gasteiger partial charge in [0.25, 0.3) is 0 Å². The molecule has 0 unspecified atom stereocenters. The summed E-state index contributed by atoms with van der Waals surface area (Å²) in [7, 11) is 0. The highest BCUT2D eigenvalue weighted by atomic mass is 32.1. The molecule has 0 spiro atoms. The van der Waals surface area contributed by atoms with Gasteiger partial charge in [-0.15, -0.1) is 22.7 Å². The van der Waals surface area contributed by atoms with Crippen molar-refractivity contribution in [2.24, 2.45) is 0 Å². The number of nitrogens with zero attached hydrogens (tertiary/aromatic N) is 2. The number of carbonyl (C=O) groups excluding carboxylic acids is 1. The molecule has 156 valence electrons. The van der Waals surface area contributed by atoms with Crippen LogP contribution in [0.5, 0.6) is 0 Å². The maximum Gasteiger partial charge on any atom is 0.354 e. The predicted molar refractivity (Wildman–Crippen MR) is 122 cm³/mol. The van der Waals surface area contributed by atoms with Crippen LogP contribution in [0.3, 0.4) is 0 Å². The first kappa shape index (κ1) is 21.6. The van der Waals surface area contributed by atoms with E-state index in [1.54, 1.807) is 22.7 Å². The minimum Gasteiger partial charge on any atom is -0.461 e. The number of aromatic nitrogens is 2. The summed E-state index contributed by atoms with van der Waals surface area (Å²) in [5, 5.41) is 15.9. The molecule has 0 atom stereocenters. The van der Waals surface area contributed by atoms with Gasteiger partial charge in [-0.3, -0.25) is 0 Å². The molecule has 0 radical (unpaired) electrons. The third-order valence-electron chi connectivity index (χ3n) is 5.00. The zero-order valence-electron chi connectivity index (χ0n) is 17.6. The molecule has 0 aliphatic rings. The number of carbonyl (C=O) groups is 1. The molecule has 0 bridgehead atoms. The minimum absolute atomic E-state index is 0.134. The van der Waals surface area contributed by atoms with Gasteiger partial charge in [0, 0.05) is 29.6 Å². The van der Waals surface area contributed by atoms with Gasteiger partial charge in [0.2, 0.25) is 0 Å². The zero-order valence-corrected chi connectivity index (χ0v) is 19.2. The van der Waals surface area contributed by atoms with Crippen molar-refractivity contribution in [3.63, 3.8) is 0 Å². The Morgan fingerprint density at radius 2 is 1.52 bits per heavy atom. The second-order valence-corrected chi connectivity index (χ2v) is 8.52. The molecule has 0 aliphatic carbocycles. The summed E-state index contributed by atoms with van der Waals surface area (Å²) in [6.07, 6.45) is 0. The standard InChI is InChI=1S/C12H15NO2S.C10H13NOS/c1-4-13-10(12(14)15-5-2)6-9-8(3)7-16-11(9)13;1-3-11-8(5-12)4-9-7(2)6-13-10(9)11/h6-7H,4-5H2,1-3H3;4,6,12H,3,5H2,1-2H3. The number of ether oxygens (including phenoxy) is 1. The highest BCUT2D eigenvalue weighted by molar-refractivity contribution is 7.17. The van der Waals surface area contributed by atoms with Crippen LogP contribution in [-0.2, 0) is 24.4 Å². The molecular weight excluding hydrogens is 404 g/mol. The molecule has 0 aromatic carbocycles. The smallest absolute Gasteiger partial charge is 0.354 e. The van der Waals surface area contributed by atoms with Crippen molar-refractivity contribution in [1.29, 1.82) is 0 Å². The summed E-state index contributed by atoms with van der Waals surface area (Å²) in [5.74, 6) is -0.229. The Balaban J connectivity index is 0.000000169. The number of thiophene rings is 2. The Kier molecular flexibility index (Phi) is 6.82. The molecule has 4 heterocycles. The summed E-state index contributed by atoms with van der Waals surface area (Å²) < 4.78 is 9.25. The number of aliphatic hydroxyl groups excluding tert-OH is 1. The topological polar surface area (TPSA) is 56.4 Å². The third kappa shape index (κ3) is 3.99. The zero-order chi connectivity index (χ0) is 21.1. The van der Waals surface area contributed by atoms with Crippen molar-refractivity contribution in [2.75, 3.05) is 6.61 Å². The molecule has 0 saturated carbocycles. The first-order valence-electron chi connectivity index (χ1n) is 9.88. The van der Waals surface area contributed by atoms with Crippen LogP contribution in [0.15, 0.2) is 22.9 Å². The van der Waals surface area contributed by atoms with Gasteiger partial charge in [-0.1, -0.05) is 0 Å². The number of rotatable bonds is 5. The van der Waals surface area contributed by atoms with E-state index in [0.29, 0.717) is 12.3 Å². The van der Waals surface area contributed by atoms with Gasteiger partial charge in [0.1, 0.15) is 15.4 Å². The Labute approximate surface area is 179 Å². The van der Waals surface area contributed by atoms with Crippen molar-refractivity contribution in [3.05, 3.63) is 45.4 Å². The Hall–Kier alpha value is -2.09. The van der Waals surface area contributed by atoms with E-state index in [9.17, 15) is 4.79 Å². The molecule has 0 amide bonds. The van der Waals surface area contributed by atoms with Crippen LogP contribution in [0.25, 0.3) is 20.4 Å². The van der Waals surface area contributed by atoms with E-state index in [-0.39, 0.29) is 12.6 Å². The van der Waals surface area contributed by atoms with E-state index < -0.39 is 0 Å². The monoisotopic (exact) mass is 432 g/mol. The molecule has 0 saturated heterocycles. The first-order chi connectivity index (χ1) is 14.0. The minimum atomic E-state index is -0.229. The van der Waals surface area contributed by atoms with Gasteiger partial charge in [-0.05, 0) is 68.6 Å². The SMILES string of the molecule is CCOC(=O)c1cc2c(C)csc2n1CC.CCn1c(CO)cc2c(C)csc21. The van der Waals surface area contributed by atoms with E-state index in [2.05, 4.69) is 42.2 Å². The molecule has 1 N–H and O–H groups in total. The largest absolute Gasteiger partial charge is 0.461 e. The highest BCUT2D eigenvalue weighted by Crippen LogP contribution is 2.30. The van der Waals surface area contributed by atoms with Crippen LogP contribution >= 0.6 is 22.7 Å². The fraction of sp³-hybridized carbons (Fsp3) is 0.409. The molecule has 7 heteroatoms. The van der Waals surface area contributed by atoms with E-state index in [1.165, 1.54) is 21.3 Å². The van der Waals surface area contributed by atoms with Crippen molar-refractivity contribution in [1.82, 2.24) is 9.13 Å². The van der Waals surface area contributed by atoms with Gasteiger partial charge in [0.15, 0.2) is 0 Å². The van der Waals surface area contributed by atoms with Crippen LogP contribution in [0, 0.1) is 13.8 Å². The maximum absolute atomic E-state index is 11.8. The van der Waals surface area contributed by atoms with E-state index >= 15 is 0 Å². The fourth-order valence-electron chi connectivity index (χ4n) is 3.51. The summed E-state index contributed by atoms with van der Waals surface area (Å²) in [4.78, 5) is 14.2. The van der Waals surface area contributed by atoms with Gasteiger partial charge in [-0.2, -0.15) is 0 Å². The van der Waals surface area contributed by atoms with E-state index in [4.69, 9.17) is 9.84 Å². The summed E-state index contributed by atoms with van der Waals surface area (Å²) in [5.41, 5.74) is 4.21. The lowest BCUT2D eigenvalue weighted by molar-refractivity contribution is 0.0514. The van der Waals surface area contributed by atoms with Crippen molar-refractivity contribution >= 4 is 49.1 Å². The summed E-state index contributed by atoms with van der Waals surface area (Å²) in [6, 6.07) is 4.02. The lowest BCUT2D eigenvalue weighted by Crippen LogP contribution is -2.10. The van der Waals surface area contributed by atoms with Gasteiger partial charge < -0.3 is 19.0 Å². The van der Waals surface area contributed by atoms with Crippen LogP contribution < -0.4 is 0 Å². The quantitative estimate of drug-likeness (QED) is 0.410. The Bertz CT molecular complexity index is 1130. The summed E-state index contributed by atoms with van der Waals surface area (Å²) in [6.45, 7) is 12.4. The van der Waals surface area contributed by atoms with E-state index in [1.807, 2.05) is 24.5 Å². The fourth-order valence-corrected chi connectivity index (χ4v) is 5.77. The lowest BCUT2D eigenvalue weighted by atomic mass is 10.2. The second kappa shape index (κ2) is 9.15. The number of hydrogen-bond acceptors (Lipinski definition) is 5. The maximum atomic E-state index is 11.8. The van der Waals surface area contributed by atoms with Crippen molar-refractivity contribution in [2.45, 2.75) is 54.3 Å². The van der Waals surface area contributed by atoms with Crippen molar-refractivity contribution < 1.29 is 14.6 Å². The predicted octanol–water partition coefficient (Wildman–Crippen LogP) is 5.73. The van der Waals surface area contributed by atoms with Crippen LogP contribution in [0.4, 0.5) is 0 Å². The van der Waals surface area contributed by atoms with Crippen LogP contribution in [-0.4, -0.2) is 26.8 Å². The van der Waals surface area contributed by atoms with Gasteiger partial charge in [0.05, 0.1) is 13.2 Å². The molecule has 29 heavy (non-hydrogen) atoms. The third-order valence-corrected chi connectivity index (χ3v) is 7.27. The van der Waals surface area contributed by atoms with Crippen LogP contribution in [0.1, 0.15) is 48.1 Å².